The lowest BCUT2D eigenvalue weighted by Crippen LogP contribution is -2.47. The van der Waals surface area contributed by atoms with Crippen LogP contribution in [-0.2, 0) is 6.54 Å². The first kappa shape index (κ1) is 21.5. The van der Waals surface area contributed by atoms with E-state index >= 15 is 0 Å². The van der Waals surface area contributed by atoms with Crippen molar-refractivity contribution in [1.29, 1.82) is 0 Å². The molecular formula is C25H31FN4O. The molecule has 1 aliphatic heterocycles. The second-order valence-electron chi connectivity index (χ2n) is 8.83. The van der Waals surface area contributed by atoms with Gasteiger partial charge in [-0.25, -0.2) is 9.37 Å². The molecule has 4 rings (SSSR count). The third-order valence-corrected chi connectivity index (χ3v) is 6.56. The highest BCUT2D eigenvalue weighted by Crippen LogP contribution is 2.22. The van der Waals surface area contributed by atoms with Gasteiger partial charge in [-0.1, -0.05) is 18.2 Å². The zero-order chi connectivity index (χ0) is 22.1. The molecule has 6 heteroatoms. The van der Waals surface area contributed by atoms with Gasteiger partial charge in [0.05, 0.1) is 5.52 Å². The molecule has 31 heavy (non-hydrogen) atoms. The van der Waals surface area contributed by atoms with Crippen molar-refractivity contribution in [3.63, 3.8) is 0 Å². The topological polar surface area (TPSA) is 41.4 Å². The van der Waals surface area contributed by atoms with Crippen molar-refractivity contribution in [1.82, 2.24) is 19.4 Å². The molecule has 0 bridgehead atoms. The van der Waals surface area contributed by atoms with Gasteiger partial charge in [-0.2, -0.15) is 0 Å². The van der Waals surface area contributed by atoms with E-state index in [1.54, 1.807) is 6.07 Å². The number of aromatic nitrogens is 2. The van der Waals surface area contributed by atoms with Crippen LogP contribution in [0, 0.1) is 12.7 Å². The number of carbonyl (C=O) groups is 1. The number of nitrogens with zero attached hydrogens (tertiary/aromatic N) is 4. The summed E-state index contributed by atoms with van der Waals surface area (Å²) in [4.78, 5) is 21.8. The number of benzene rings is 2. The summed E-state index contributed by atoms with van der Waals surface area (Å²) in [5.41, 5.74) is 2.94. The lowest BCUT2D eigenvalue weighted by atomic mass is 10.0. The van der Waals surface area contributed by atoms with E-state index in [1.165, 1.54) is 6.07 Å². The number of piperidine rings is 1. The van der Waals surface area contributed by atoms with E-state index in [2.05, 4.69) is 23.7 Å². The summed E-state index contributed by atoms with van der Waals surface area (Å²) in [5, 5.41) is 0. The van der Waals surface area contributed by atoms with Crippen molar-refractivity contribution in [2.24, 2.45) is 0 Å². The molecule has 2 aromatic carbocycles. The van der Waals surface area contributed by atoms with Gasteiger partial charge in [0.2, 0.25) is 0 Å². The fourth-order valence-corrected chi connectivity index (χ4v) is 4.52. The van der Waals surface area contributed by atoms with E-state index in [-0.39, 0.29) is 17.8 Å². The minimum Gasteiger partial charge on any atom is -0.339 e. The maximum absolute atomic E-state index is 14.0. The molecule has 2 heterocycles. The number of para-hydroxylation sites is 1. The summed E-state index contributed by atoms with van der Waals surface area (Å²) in [5.74, 6) is 0.538. The Hall–Kier alpha value is -2.73. The van der Waals surface area contributed by atoms with Crippen molar-refractivity contribution < 1.29 is 9.18 Å². The zero-order valence-electron chi connectivity index (χ0n) is 18.8. The molecule has 0 N–H and O–H groups in total. The molecule has 1 aromatic heterocycles. The summed E-state index contributed by atoms with van der Waals surface area (Å²) in [6.45, 7) is 9.00. The molecule has 1 fully saturated rings. The fraction of sp³-hybridized carbons (Fsp3) is 0.440. The molecule has 0 unspecified atom stereocenters. The number of hydrogen-bond acceptors (Lipinski definition) is 3. The van der Waals surface area contributed by atoms with E-state index in [0.29, 0.717) is 23.7 Å². The Morgan fingerprint density at radius 2 is 1.84 bits per heavy atom. The SMILES string of the molecule is Cc1nc2c(F)cccc2n1Cc1ccc(C(=O)N(C)C2CCN(C(C)C)CC2)cc1. The van der Waals surface area contributed by atoms with Crippen LogP contribution in [0.1, 0.15) is 48.4 Å². The van der Waals surface area contributed by atoms with E-state index in [0.717, 1.165) is 42.8 Å². The Labute approximate surface area is 183 Å². The predicted octanol–water partition coefficient (Wildman–Crippen LogP) is 4.48. The third kappa shape index (κ3) is 4.35. The van der Waals surface area contributed by atoms with Crippen LogP contribution in [0.2, 0.25) is 0 Å². The first-order chi connectivity index (χ1) is 14.8. The first-order valence-electron chi connectivity index (χ1n) is 11.1. The highest BCUT2D eigenvalue weighted by molar-refractivity contribution is 5.94. The highest BCUT2D eigenvalue weighted by Gasteiger charge is 2.26. The van der Waals surface area contributed by atoms with Gasteiger partial charge in [-0.15, -0.1) is 0 Å². The quantitative estimate of drug-likeness (QED) is 0.609. The van der Waals surface area contributed by atoms with Gasteiger partial charge in [0.25, 0.3) is 5.91 Å². The van der Waals surface area contributed by atoms with Gasteiger partial charge >= 0.3 is 0 Å². The molecular weight excluding hydrogens is 391 g/mol. The molecule has 0 atom stereocenters. The highest BCUT2D eigenvalue weighted by atomic mass is 19.1. The average Bonchev–Trinajstić information content (AvgIpc) is 3.10. The average molecular weight is 423 g/mol. The van der Waals surface area contributed by atoms with Crippen molar-refractivity contribution in [2.75, 3.05) is 20.1 Å². The molecule has 164 valence electrons. The molecule has 0 aliphatic carbocycles. The second kappa shape index (κ2) is 8.79. The number of aryl methyl sites for hydroxylation is 1. The Balaban J connectivity index is 1.44. The van der Waals surface area contributed by atoms with E-state index in [9.17, 15) is 9.18 Å². The number of carbonyl (C=O) groups excluding carboxylic acids is 1. The molecule has 1 amide bonds. The Bertz CT molecular complexity index is 1070. The lowest BCUT2D eigenvalue weighted by Gasteiger charge is -2.38. The summed E-state index contributed by atoms with van der Waals surface area (Å²) in [7, 11) is 1.92. The van der Waals surface area contributed by atoms with Gasteiger partial charge in [-0.3, -0.25) is 4.79 Å². The third-order valence-electron chi connectivity index (χ3n) is 6.56. The number of halogens is 1. The summed E-state index contributed by atoms with van der Waals surface area (Å²) in [6, 6.07) is 13.6. The smallest absolute Gasteiger partial charge is 0.253 e. The molecule has 0 saturated carbocycles. The largest absolute Gasteiger partial charge is 0.339 e. The second-order valence-corrected chi connectivity index (χ2v) is 8.83. The van der Waals surface area contributed by atoms with Crippen molar-refractivity contribution in [2.45, 2.75) is 52.2 Å². The molecule has 1 aliphatic rings. The van der Waals surface area contributed by atoms with Crippen LogP contribution in [-0.4, -0.2) is 57.5 Å². The molecule has 0 radical (unpaired) electrons. The Morgan fingerprint density at radius 1 is 1.16 bits per heavy atom. The van der Waals surface area contributed by atoms with Gasteiger partial charge < -0.3 is 14.4 Å². The Morgan fingerprint density at radius 3 is 2.48 bits per heavy atom. The molecule has 1 saturated heterocycles. The Kier molecular flexibility index (Phi) is 6.10. The molecule has 5 nitrogen and oxygen atoms in total. The minimum absolute atomic E-state index is 0.0703. The number of hydrogen-bond donors (Lipinski definition) is 0. The maximum Gasteiger partial charge on any atom is 0.253 e. The monoisotopic (exact) mass is 422 g/mol. The number of rotatable bonds is 5. The van der Waals surface area contributed by atoms with Gasteiger partial charge in [0.1, 0.15) is 11.3 Å². The molecule has 3 aromatic rings. The number of imidazole rings is 1. The maximum atomic E-state index is 14.0. The van der Waals surface area contributed by atoms with E-state index < -0.39 is 0 Å². The first-order valence-corrected chi connectivity index (χ1v) is 11.1. The standard InChI is InChI=1S/C25H31FN4O/c1-17(2)29-14-12-21(13-15-29)28(4)25(31)20-10-8-19(9-11-20)16-30-18(3)27-24-22(26)6-5-7-23(24)30/h5-11,17,21H,12-16H2,1-4H3. The normalized spacial score (nSPS) is 15.7. The van der Waals surface area contributed by atoms with Crippen LogP contribution in [0.25, 0.3) is 11.0 Å². The van der Waals surface area contributed by atoms with Crippen LogP contribution < -0.4 is 0 Å². The predicted molar refractivity (Wildman–Crippen MR) is 122 cm³/mol. The summed E-state index contributed by atoms with van der Waals surface area (Å²) in [6.07, 6.45) is 2.03. The van der Waals surface area contributed by atoms with Crippen LogP contribution in [0.4, 0.5) is 4.39 Å². The fourth-order valence-electron chi connectivity index (χ4n) is 4.52. The number of likely N-dealkylation sites (tertiary alicyclic amines) is 1. The summed E-state index contributed by atoms with van der Waals surface area (Å²) < 4.78 is 16.0. The lowest BCUT2D eigenvalue weighted by molar-refractivity contribution is 0.0615. The van der Waals surface area contributed by atoms with Crippen LogP contribution >= 0.6 is 0 Å². The van der Waals surface area contributed by atoms with Crippen LogP contribution in [0.15, 0.2) is 42.5 Å². The minimum atomic E-state index is -0.303. The van der Waals surface area contributed by atoms with Gasteiger partial charge in [0, 0.05) is 44.3 Å². The van der Waals surface area contributed by atoms with Gasteiger partial charge in [-0.05, 0) is 63.4 Å². The van der Waals surface area contributed by atoms with Crippen molar-refractivity contribution in [3.8, 4) is 0 Å². The summed E-state index contributed by atoms with van der Waals surface area (Å²) >= 11 is 0. The van der Waals surface area contributed by atoms with Crippen LogP contribution in [0.5, 0.6) is 0 Å². The number of fused-ring (bicyclic) bond motifs is 1. The van der Waals surface area contributed by atoms with Crippen molar-refractivity contribution >= 4 is 16.9 Å². The van der Waals surface area contributed by atoms with Crippen LogP contribution in [0.3, 0.4) is 0 Å². The molecule has 0 spiro atoms. The van der Waals surface area contributed by atoms with E-state index in [1.807, 2.05) is 53.8 Å². The number of amides is 1. The van der Waals surface area contributed by atoms with E-state index in [4.69, 9.17) is 0 Å². The van der Waals surface area contributed by atoms with Crippen molar-refractivity contribution in [3.05, 3.63) is 65.2 Å². The zero-order valence-corrected chi connectivity index (χ0v) is 18.8. The van der Waals surface area contributed by atoms with Gasteiger partial charge in [0.15, 0.2) is 5.82 Å².